The second kappa shape index (κ2) is 6.24. The van der Waals surface area contributed by atoms with E-state index >= 15 is 0 Å². The van der Waals surface area contributed by atoms with E-state index in [2.05, 4.69) is 36.4 Å². The average Bonchev–Trinajstić information content (AvgIpc) is 2.81. The Kier molecular flexibility index (Phi) is 3.46. The molecule has 1 nitrogen and oxygen atoms in total. The van der Waals surface area contributed by atoms with Gasteiger partial charge in [0.2, 0.25) is 0 Å². The third-order valence-electron chi connectivity index (χ3n) is 7.11. The number of fused-ring (bicyclic) bond motifs is 3. The summed E-state index contributed by atoms with van der Waals surface area (Å²) < 4.78 is 13.7. The monoisotopic (exact) mass is 401 g/mol. The number of hydrogen-bond donors (Lipinski definition) is 0. The number of aryl methyl sites for hydroxylation is 4. The van der Waals surface area contributed by atoms with Crippen LogP contribution < -0.4 is 0 Å². The molecule has 0 N–H and O–H groups in total. The molecule has 0 bridgehead atoms. The molecule has 0 saturated carbocycles. The molecule has 2 aliphatic carbocycles. The van der Waals surface area contributed by atoms with Gasteiger partial charge in [-0.2, -0.15) is 0 Å². The summed E-state index contributed by atoms with van der Waals surface area (Å²) in [7, 11) is 0. The molecule has 4 aromatic carbocycles. The van der Waals surface area contributed by atoms with Gasteiger partial charge in [0.25, 0.3) is 0 Å². The summed E-state index contributed by atoms with van der Waals surface area (Å²) in [6.07, 6.45) is 6.27. The van der Waals surface area contributed by atoms with E-state index in [-0.39, 0.29) is 5.82 Å². The van der Waals surface area contributed by atoms with Gasteiger partial charge in [-0.1, -0.05) is 36.4 Å². The average molecular weight is 401 g/mol. The Labute approximate surface area is 180 Å². The molecule has 1 heterocycles. The highest BCUT2D eigenvalue weighted by Crippen LogP contribution is 2.44. The van der Waals surface area contributed by atoms with Crippen molar-refractivity contribution in [1.82, 2.24) is 4.98 Å². The van der Waals surface area contributed by atoms with Crippen LogP contribution in [0.5, 0.6) is 0 Å². The Hall–Kier alpha value is -3.52. The van der Waals surface area contributed by atoms with Crippen LogP contribution in [0.3, 0.4) is 0 Å². The van der Waals surface area contributed by atoms with Crippen molar-refractivity contribution in [2.45, 2.75) is 25.7 Å². The second-order valence-corrected chi connectivity index (χ2v) is 8.81. The van der Waals surface area contributed by atoms with Crippen molar-refractivity contribution < 1.29 is 4.39 Å². The van der Waals surface area contributed by atoms with Gasteiger partial charge in [0, 0.05) is 17.1 Å². The van der Waals surface area contributed by atoms with Gasteiger partial charge in [-0.3, -0.25) is 4.98 Å². The van der Waals surface area contributed by atoms with Crippen LogP contribution >= 0.6 is 0 Å². The van der Waals surface area contributed by atoms with Crippen molar-refractivity contribution in [3.8, 4) is 22.4 Å². The molecular weight excluding hydrogens is 381 g/mol. The lowest BCUT2D eigenvalue weighted by Gasteiger charge is -2.30. The Bertz CT molecular complexity index is 1500. The normalized spacial score (nSPS) is 14.1. The van der Waals surface area contributed by atoms with Crippen LogP contribution in [0.15, 0.2) is 72.9 Å². The fraction of sp³-hybridized carbons (Fsp3) is 0.138. The van der Waals surface area contributed by atoms with E-state index in [0.717, 1.165) is 52.9 Å². The largest absolute Gasteiger partial charge is 0.256 e. The number of pyridine rings is 1. The van der Waals surface area contributed by atoms with Crippen molar-refractivity contribution in [2.24, 2.45) is 0 Å². The van der Waals surface area contributed by atoms with Crippen molar-refractivity contribution in [3.05, 3.63) is 101 Å². The van der Waals surface area contributed by atoms with Crippen LogP contribution in [0.4, 0.5) is 4.39 Å². The topological polar surface area (TPSA) is 12.9 Å². The summed E-state index contributed by atoms with van der Waals surface area (Å²) in [6.45, 7) is 0. The Morgan fingerprint density at radius 3 is 2.06 bits per heavy atom. The third-order valence-corrected chi connectivity index (χ3v) is 7.11. The second-order valence-electron chi connectivity index (χ2n) is 8.81. The van der Waals surface area contributed by atoms with Crippen LogP contribution in [0.1, 0.15) is 22.3 Å². The van der Waals surface area contributed by atoms with E-state index in [1.807, 2.05) is 24.4 Å². The van der Waals surface area contributed by atoms with Crippen LogP contribution in [0.2, 0.25) is 0 Å². The minimum absolute atomic E-state index is 0.199. The molecule has 5 aromatic rings. The van der Waals surface area contributed by atoms with Crippen molar-refractivity contribution in [3.63, 3.8) is 0 Å². The van der Waals surface area contributed by atoms with Crippen LogP contribution in [-0.4, -0.2) is 4.98 Å². The lowest BCUT2D eigenvalue weighted by molar-refractivity contribution is 0.630. The molecule has 0 unspecified atom stereocenters. The first-order valence-corrected chi connectivity index (χ1v) is 11.0. The predicted octanol–water partition coefficient (Wildman–Crippen LogP) is 7.06. The predicted molar refractivity (Wildman–Crippen MR) is 125 cm³/mol. The lowest BCUT2D eigenvalue weighted by atomic mass is 9.74. The quantitative estimate of drug-likeness (QED) is 0.274. The maximum absolute atomic E-state index is 13.7. The maximum atomic E-state index is 13.7. The highest BCUT2D eigenvalue weighted by Gasteiger charge is 2.26. The number of nitrogens with zero attached hydrogens (tertiary/aromatic N) is 1. The number of rotatable bonds is 1. The highest BCUT2D eigenvalue weighted by atomic mass is 19.1. The van der Waals surface area contributed by atoms with Gasteiger partial charge in [-0.15, -0.1) is 0 Å². The van der Waals surface area contributed by atoms with Crippen molar-refractivity contribution in [1.29, 1.82) is 0 Å². The molecule has 1 aromatic heterocycles. The van der Waals surface area contributed by atoms with Gasteiger partial charge in [0.1, 0.15) is 5.82 Å². The summed E-state index contributed by atoms with van der Waals surface area (Å²) in [5.41, 5.74) is 11.1. The van der Waals surface area contributed by atoms with Gasteiger partial charge in [-0.25, -0.2) is 4.39 Å². The van der Waals surface area contributed by atoms with Gasteiger partial charge >= 0.3 is 0 Å². The number of halogens is 1. The number of hydrogen-bond acceptors (Lipinski definition) is 1. The zero-order chi connectivity index (χ0) is 20.5. The molecule has 0 aliphatic heterocycles. The Morgan fingerprint density at radius 2 is 1.29 bits per heavy atom. The summed E-state index contributed by atoms with van der Waals surface area (Å²) in [6, 6.07) is 22.7. The molecule has 2 aliphatic rings. The van der Waals surface area contributed by atoms with Gasteiger partial charge in [0.15, 0.2) is 0 Å². The maximum Gasteiger partial charge on any atom is 0.123 e. The Balaban J connectivity index is 1.48. The molecule has 0 saturated heterocycles. The summed E-state index contributed by atoms with van der Waals surface area (Å²) in [5, 5.41) is 4.25. The first-order valence-electron chi connectivity index (χ1n) is 11.0. The molecule has 0 amide bonds. The minimum atomic E-state index is -0.199. The van der Waals surface area contributed by atoms with Gasteiger partial charge in [-0.05, 0) is 106 Å². The summed E-state index contributed by atoms with van der Waals surface area (Å²) in [5.74, 6) is -0.199. The molecule has 148 valence electrons. The fourth-order valence-corrected chi connectivity index (χ4v) is 5.75. The molecule has 7 rings (SSSR count). The standard InChI is InChI=1S/C29H20FN/c30-23-9-11-24-19(16-23)8-10-26-25(24)12-13-31-29(26)22-14-20-6-4-17-2-1-3-18-5-7-21(15-22)28(20)27(17)18/h1-3,8-16H,4-7H2. The zero-order valence-corrected chi connectivity index (χ0v) is 17.1. The molecule has 0 radical (unpaired) electrons. The molecule has 0 atom stereocenters. The SMILES string of the molecule is Fc1ccc2c(ccc3c(-c4cc5c6c(c4)CCc4cccc(c4-6)CC5)nccc32)c1. The summed E-state index contributed by atoms with van der Waals surface area (Å²) >= 11 is 0. The van der Waals surface area contributed by atoms with Gasteiger partial charge in [0.05, 0.1) is 5.69 Å². The first kappa shape index (κ1) is 17.2. The van der Waals surface area contributed by atoms with E-state index in [9.17, 15) is 4.39 Å². The van der Waals surface area contributed by atoms with Crippen LogP contribution in [-0.2, 0) is 25.7 Å². The Morgan fingerprint density at radius 1 is 0.613 bits per heavy atom. The molecular formula is C29H20FN. The minimum Gasteiger partial charge on any atom is -0.256 e. The van der Waals surface area contributed by atoms with Crippen LogP contribution in [0.25, 0.3) is 43.9 Å². The molecule has 0 fully saturated rings. The smallest absolute Gasteiger partial charge is 0.123 e. The number of benzene rings is 4. The van der Waals surface area contributed by atoms with Crippen molar-refractivity contribution in [2.75, 3.05) is 0 Å². The van der Waals surface area contributed by atoms with E-state index in [1.54, 1.807) is 12.1 Å². The highest BCUT2D eigenvalue weighted by molar-refractivity contribution is 6.11. The van der Waals surface area contributed by atoms with E-state index in [0.29, 0.717) is 0 Å². The zero-order valence-electron chi connectivity index (χ0n) is 17.1. The van der Waals surface area contributed by atoms with Gasteiger partial charge < -0.3 is 0 Å². The third kappa shape index (κ3) is 2.45. The van der Waals surface area contributed by atoms with Crippen LogP contribution in [0, 0.1) is 5.82 Å². The van der Waals surface area contributed by atoms with E-state index < -0.39 is 0 Å². The fourth-order valence-electron chi connectivity index (χ4n) is 5.75. The molecule has 31 heavy (non-hydrogen) atoms. The van der Waals surface area contributed by atoms with E-state index in [1.165, 1.54) is 38.9 Å². The van der Waals surface area contributed by atoms with E-state index in [4.69, 9.17) is 4.98 Å². The number of aromatic nitrogens is 1. The molecule has 2 heteroatoms. The summed E-state index contributed by atoms with van der Waals surface area (Å²) in [4.78, 5) is 4.81. The van der Waals surface area contributed by atoms with Crippen molar-refractivity contribution >= 4 is 21.5 Å². The molecule has 0 spiro atoms. The lowest BCUT2D eigenvalue weighted by Crippen LogP contribution is -2.14. The first-order chi connectivity index (χ1) is 15.3.